The van der Waals surface area contributed by atoms with Crippen molar-refractivity contribution in [2.45, 2.75) is 25.9 Å². The highest BCUT2D eigenvalue weighted by Crippen LogP contribution is 2.20. The zero-order chi connectivity index (χ0) is 15.2. The van der Waals surface area contributed by atoms with E-state index in [9.17, 15) is 10.1 Å². The maximum atomic E-state index is 10.8. The second kappa shape index (κ2) is 7.33. The van der Waals surface area contributed by atoms with E-state index in [4.69, 9.17) is 0 Å². The van der Waals surface area contributed by atoms with Crippen LogP contribution in [-0.4, -0.2) is 4.92 Å². The number of halogens is 1. The first-order valence-electron chi connectivity index (χ1n) is 6.82. The number of nitro benzene ring substituents is 1. The molecule has 0 heterocycles. The molecule has 1 atom stereocenters. The van der Waals surface area contributed by atoms with Gasteiger partial charge >= 0.3 is 0 Å². The van der Waals surface area contributed by atoms with Gasteiger partial charge in [0.15, 0.2) is 0 Å². The SMILES string of the molecule is CCC(NCc1cccc([N+](=O)[O-])c1)c1ccc(Br)cc1. The Balaban J connectivity index is 2.04. The Morgan fingerprint density at radius 3 is 2.57 bits per heavy atom. The predicted molar refractivity (Wildman–Crippen MR) is 87.1 cm³/mol. The molecule has 2 aromatic rings. The van der Waals surface area contributed by atoms with Crippen molar-refractivity contribution in [1.29, 1.82) is 0 Å². The van der Waals surface area contributed by atoms with Crippen LogP contribution in [0.15, 0.2) is 53.0 Å². The van der Waals surface area contributed by atoms with E-state index in [1.807, 2.05) is 18.2 Å². The van der Waals surface area contributed by atoms with Crippen LogP contribution in [0.25, 0.3) is 0 Å². The summed E-state index contributed by atoms with van der Waals surface area (Å²) in [6.07, 6.45) is 0.955. The Morgan fingerprint density at radius 1 is 1.24 bits per heavy atom. The van der Waals surface area contributed by atoms with Crippen molar-refractivity contribution in [2.75, 3.05) is 0 Å². The van der Waals surface area contributed by atoms with Gasteiger partial charge in [0.1, 0.15) is 0 Å². The van der Waals surface area contributed by atoms with E-state index in [0.29, 0.717) is 6.54 Å². The molecule has 110 valence electrons. The average Bonchev–Trinajstić information content (AvgIpc) is 2.50. The summed E-state index contributed by atoms with van der Waals surface area (Å²) >= 11 is 3.43. The van der Waals surface area contributed by atoms with E-state index >= 15 is 0 Å². The van der Waals surface area contributed by atoms with Gasteiger partial charge in [0.25, 0.3) is 5.69 Å². The van der Waals surface area contributed by atoms with Crippen LogP contribution < -0.4 is 5.32 Å². The van der Waals surface area contributed by atoms with Crippen LogP contribution in [0.5, 0.6) is 0 Å². The van der Waals surface area contributed by atoms with Crippen molar-refractivity contribution >= 4 is 21.6 Å². The Hall–Kier alpha value is -1.72. The lowest BCUT2D eigenvalue weighted by atomic mass is 10.0. The normalized spacial score (nSPS) is 12.1. The first-order chi connectivity index (χ1) is 10.1. The molecule has 0 aromatic heterocycles. The molecule has 21 heavy (non-hydrogen) atoms. The van der Waals surface area contributed by atoms with E-state index in [2.05, 4.69) is 40.3 Å². The molecule has 2 rings (SSSR count). The highest BCUT2D eigenvalue weighted by molar-refractivity contribution is 9.10. The molecule has 0 radical (unpaired) electrons. The number of hydrogen-bond acceptors (Lipinski definition) is 3. The van der Waals surface area contributed by atoms with Crippen LogP contribution >= 0.6 is 15.9 Å². The van der Waals surface area contributed by atoms with Crippen molar-refractivity contribution in [3.05, 3.63) is 74.2 Å². The highest BCUT2D eigenvalue weighted by atomic mass is 79.9. The topological polar surface area (TPSA) is 55.2 Å². The van der Waals surface area contributed by atoms with Gasteiger partial charge in [0.2, 0.25) is 0 Å². The lowest BCUT2D eigenvalue weighted by Crippen LogP contribution is -2.20. The van der Waals surface area contributed by atoms with Crippen molar-refractivity contribution < 1.29 is 4.92 Å². The van der Waals surface area contributed by atoms with Gasteiger partial charge in [0, 0.05) is 29.2 Å². The van der Waals surface area contributed by atoms with Crippen LogP contribution in [-0.2, 0) is 6.54 Å². The van der Waals surface area contributed by atoms with Gasteiger partial charge in [-0.15, -0.1) is 0 Å². The van der Waals surface area contributed by atoms with Gasteiger partial charge in [-0.2, -0.15) is 0 Å². The minimum atomic E-state index is -0.366. The summed E-state index contributed by atoms with van der Waals surface area (Å²) in [5.74, 6) is 0. The Kier molecular flexibility index (Phi) is 5.47. The molecule has 0 spiro atoms. The number of rotatable bonds is 6. The molecular weight excluding hydrogens is 332 g/mol. The molecule has 1 N–H and O–H groups in total. The molecule has 0 saturated heterocycles. The van der Waals surface area contributed by atoms with Crippen LogP contribution in [0.1, 0.15) is 30.5 Å². The number of hydrogen-bond donors (Lipinski definition) is 1. The van der Waals surface area contributed by atoms with Gasteiger partial charge in [-0.05, 0) is 29.7 Å². The Labute approximate surface area is 132 Å². The molecule has 0 amide bonds. The summed E-state index contributed by atoms with van der Waals surface area (Å²) in [6, 6.07) is 15.2. The highest BCUT2D eigenvalue weighted by Gasteiger charge is 2.10. The lowest BCUT2D eigenvalue weighted by Gasteiger charge is -2.17. The molecule has 0 aliphatic rings. The summed E-state index contributed by atoms with van der Waals surface area (Å²) in [6.45, 7) is 2.73. The molecule has 5 heteroatoms. The molecule has 0 aliphatic heterocycles. The largest absolute Gasteiger partial charge is 0.306 e. The van der Waals surface area contributed by atoms with Crippen LogP contribution in [0.2, 0.25) is 0 Å². The van der Waals surface area contributed by atoms with Gasteiger partial charge < -0.3 is 5.32 Å². The molecule has 2 aromatic carbocycles. The maximum absolute atomic E-state index is 10.8. The average molecular weight is 349 g/mol. The maximum Gasteiger partial charge on any atom is 0.269 e. The zero-order valence-corrected chi connectivity index (χ0v) is 13.3. The summed E-state index contributed by atoms with van der Waals surface area (Å²) in [5.41, 5.74) is 2.26. The van der Waals surface area contributed by atoms with E-state index in [0.717, 1.165) is 16.5 Å². The minimum absolute atomic E-state index is 0.131. The fourth-order valence-corrected chi connectivity index (χ4v) is 2.48. The molecule has 4 nitrogen and oxygen atoms in total. The molecule has 0 saturated carbocycles. The van der Waals surface area contributed by atoms with E-state index < -0.39 is 0 Å². The third kappa shape index (κ3) is 4.37. The van der Waals surface area contributed by atoms with Crippen LogP contribution in [0.3, 0.4) is 0 Å². The zero-order valence-electron chi connectivity index (χ0n) is 11.8. The van der Waals surface area contributed by atoms with Gasteiger partial charge in [-0.25, -0.2) is 0 Å². The smallest absolute Gasteiger partial charge is 0.269 e. The van der Waals surface area contributed by atoms with Gasteiger partial charge in [-0.3, -0.25) is 10.1 Å². The van der Waals surface area contributed by atoms with E-state index in [1.165, 1.54) is 11.6 Å². The summed E-state index contributed by atoms with van der Waals surface area (Å²) in [7, 11) is 0. The first kappa shape index (κ1) is 15.7. The first-order valence-corrected chi connectivity index (χ1v) is 7.61. The fourth-order valence-electron chi connectivity index (χ4n) is 2.21. The summed E-state index contributed by atoms with van der Waals surface area (Å²) in [5, 5.41) is 14.2. The number of benzene rings is 2. The monoisotopic (exact) mass is 348 g/mol. The second-order valence-electron chi connectivity index (χ2n) is 4.82. The summed E-state index contributed by atoms with van der Waals surface area (Å²) in [4.78, 5) is 10.4. The third-order valence-corrected chi connectivity index (χ3v) is 3.88. The predicted octanol–water partition coefficient (Wildman–Crippen LogP) is 4.60. The van der Waals surface area contributed by atoms with E-state index in [-0.39, 0.29) is 16.7 Å². The molecule has 0 fully saturated rings. The number of nitrogens with one attached hydrogen (secondary N) is 1. The minimum Gasteiger partial charge on any atom is -0.306 e. The quantitative estimate of drug-likeness (QED) is 0.613. The van der Waals surface area contributed by atoms with Crippen LogP contribution in [0.4, 0.5) is 5.69 Å². The molecule has 0 bridgehead atoms. The molecular formula is C16H17BrN2O2. The molecule has 1 unspecified atom stereocenters. The Morgan fingerprint density at radius 2 is 1.95 bits per heavy atom. The van der Waals surface area contributed by atoms with Gasteiger partial charge in [0.05, 0.1) is 4.92 Å². The lowest BCUT2D eigenvalue weighted by molar-refractivity contribution is -0.384. The van der Waals surface area contributed by atoms with Crippen molar-refractivity contribution in [2.24, 2.45) is 0 Å². The number of nitrogens with zero attached hydrogens (tertiary/aromatic N) is 1. The third-order valence-electron chi connectivity index (χ3n) is 3.35. The fraction of sp³-hybridized carbons (Fsp3) is 0.250. The van der Waals surface area contributed by atoms with E-state index in [1.54, 1.807) is 12.1 Å². The summed E-state index contributed by atoms with van der Waals surface area (Å²) < 4.78 is 1.06. The molecule has 0 aliphatic carbocycles. The van der Waals surface area contributed by atoms with Crippen molar-refractivity contribution in [3.8, 4) is 0 Å². The number of non-ortho nitro benzene ring substituents is 1. The van der Waals surface area contributed by atoms with Crippen LogP contribution in [0, 0.1) is 10.1 Å². The van der Waals surface area contributed by atoms with Crippen molar-refractivity contribution in [3.63, 3.8) is 0 Å². The second-order valence-corrected chi connectivity index (χ2v) is 5.74. The van der Waals surface area contributed by atoms with Crippen molar-refractivity contribution in [1.82, 2.24) is 5.32 Å². The Bertz CT molecular complexity index is 614. The number of nitro groups is 1. The van der Waals surface area contributed by atoms with Gasteiger partial charge in [-0.1, -0.05) is 47.1 Å². The standard InChI is InChI=1S/C16H17BrN2O2/c1-2-16(13-6-8-14(17)9-7-13)18-11-12-4-3-5-15(10-12)19(20)21/h3-10,16,18H,2,11H2,1H3.